The first-order valence-electron chi connectivity index (χ1n) is 5.31. The minimum absolute atomic E-state index is 0.131. The highest BCUT2D eigenvalue weighted by molar-refractivity contribution is 7.89. The molecule has 1 aromatic carbocycles. The quantitative estimate of drug-likeness (QED) is 0.797. The van der Waals surface area contributed by atoms with Crippen LogP contribution in [0.1, 0.15) is 5.56 Å². The molecular formula is C11H12N2O5S. The van der Waals surface area contributed by atoms with Crippen LogP contribution >= 0.6 is 0 Å². The molecule has 0 fully saturated rings. The van der Waals surface area contributed by atoms with Gasteiger partial charge in [-0.15, -0.1) is 4.40 Å². The lowest BCUT2D eigenvalue weighted by molar-refractivity contribution is -0.119. The third kappa shape index (κ3) is 2.53. The van der Waals surface area contributed by atoms with E-state index in [4.69, 9.17) is 9.47 Å². The van der Waals surface area contributed by atoms with Gasteiger partial charge in [0.2, 0.25) is 0 Å². The van der Waals surface area contributed by atoms with Crippen molar-refractivity contribution in [2.75, 3.05) is 14.2 Å². The molecular weight excluding hydrogens is 272 g/mol. The average Bonchev–Trinajstić information content (AvgIpc) is 2.66. The van der Waals surface area contributed by atoms with E-state index < -0.39 is 16.1 Å². The number of ether oxygens (including phenoxy) is 2. The van der Waals surface area contributed by atoms with E-state index in [1.165, 1.54) is 14.2 Å². The molecule has 0 N–H and O–H groups in total. The first-order valence-corrected chi connectivity index (χ1v) is 6.70. The van der Waals surface area contributed by atoms with E-state index in [1.807, 2.05) is 0 Å². The summed E-state index contributed by atoms with van der Waals surface area (Å²) in [6, 6.07) is 4.91. The van der Waals surface area contributed by atoms with Gasteiger partial charge in [0.15, 0.2) is 0 Å². The fraction of sp³-hybridized carbons (Fsp3) is 0.273. The summed E-state index contributed by atoms with van der Waals surface area (Å²) in [4.78, 5) is 11.4. The van der Waals surface area contributed by atoms with Crippen LogP contribution in [0.25, 0.3) is 0 Å². The molecule has 0 radical (unpaired) electrons. The summed E-state index contributed by atoms with van der Waals surface area (Å²) in [7, 11) is -0.945. The van der Waals surface area contributed by atoms with Crippen molar-refractivity contribution in [3.8, 4) is 11.5 Å². The highest BCUT2D eigenvalue weighted by Crippen LogP contribution is 2.27. The maximum absolute atomic E-state index is 11.5. The molecule has 1 amide bonds. The second-order valence-corrected chi connectivity index (χ2v) is 5.28. The van der Waals surface area contributed by atoms with Gasteiger partial charge in [-0.3, -0.25) is 4.79 Å². The van der Waals surface area contributed by atoms with Crippen LogP contribution in [0, 0.1) is 0 Å². The monoisotopic (exact) mass is 284 g/mol. The van der Waals surface area contributed by atoms with Crippen molar-refractivity contribution in [2.45, 2.75) is 6.54 Å². The van der Waals surface area contributed by atoms with E-state index in [0.717, 1.165) is 6.21 Å². The molecule has 1 aromatic rings. The molecule has 102 valence electrons. The van der Waals surface area contributed by atoms with Crippen molar-refractivity contribution >= 4 is 22.3 Å². The van der Waals surface area contributed by atoms with Crippen molar-refractivity contribution in [3.05, 3.63) is 23.8 Å². The number of carbonyl (C=O) groups excluding carboxylic acids is 1. The van der Waals surface area contributed by atoms with Gasteiger partial charge in [0, 0.05) is 11.6 Å². The summed E-state index contributed by atoms with van der Waals surface area (Å²) in [5.41, 5.74) is 0.547. The number of rotatable bonds is 4. The topological polar surface area (TPSA) is 85.3 Å². The Morgan fingerprint density at radius 3 is 2.53 bits per heavy atom. The molecule has 0 saturated heterocycles. The van der Waals surface area contributed by atoms with E-state index in [0.29, 0.717) is 21.4 Å². The van der Waals surface area contributed by atoms with Gasteiger partial charge in [-0.25, -0.2) is 4.31 Å². The van der Waals surface area contributed by atoms with Gasteiger partial charge in [-0.1, -0.05) is 0 Å². The Bertz CT molecular complexity index is 638. The van der Waals surface area contributed by atoms with E-state index in [1.54, 1.807) is 18.2 Å². The first kappa shape index (κ1) is 13.3. The Labute approximate surface area is 110 Å². The van der Waals surface area contributed by atoms with E-state index in [9.17, 15) is 13.2 Å². The highest BCUT2D eigenvalue weighted by atomic mass is 32.2. The summed E-state index contributed by atoms with van der Waals surface area (Å²) < 4.78 is 37.1. The van der Waals surface area contributed by atoms with Gasteiger partial charge in [0.1, 0.15) is 17.7 Å². The van der Waals surface area contributed by atoms with Crippen LogP contribution in [-0.2, 0) is 21.5 Å². The van der Waals surface area contributed by atoms with Crippen molar-refractivity contribution in [3.63, 3.8) is 0 Å². The molecule has 0 unspecified atom stereocenters. The predicted octanol–water partition coefficient (Wildman–Crippen LogP) is 0.362. The highest BCUT2D eigenvalue weighted by Gasteiger charge is 2.32. The molecule has 8 heteroatoms. The van der Waals surface area contributed by atoms with Crippen LogP contribution in [0.2, 0.25) is 0 Å². The standard InChI is InChI=1S/C11H12N2O5S/c1-17-9-4-3-8(10(5-9)18-2)7-13-11(14)6-12-19(13,15)16/h3-6H,7H2,1-2H3. The zero-order valence-corrected chi connectivity index (χ0v) is 11.2. The van der Waals surface area contributed by atoms with Gasteiger partial charge in [-0.05, 0) is 12.1 Å². The van der Waals surface area contributed by atoms with Crippen LogP contribution in [0.15, 0.2) is 22.6 Å². The van der Waals surface area contributed by atoms with Crippen LogP contribution in [0.3, 0.4) is 0 Å². The van der Waals surface area contributed by atoms with Crippen molar-refractivity contribution in [1.29, 1.82) is 0 Å². The number of hydrogen-bond donors (Lipinski definition) is 0. The van der Waals surface area contributed by atoms with Gasteiger partial charge in [0.05, 0.1) is 20.8 Å². The summed E-state index contributed by atoms with van der Waals surface area (Å²) in [5.74, 6) is 0.347. The maximum Gasteiger partial charge on any atom is 0.347 e. The van der Waals surface area contributed by atoms with Crippen LogP contribution in [0.4, 0.5) is 0 Å². The molecule has 1 aliphatic heterocycles. The van der Waals surface area contributed by atoms with E-state index in [-0.39, 0.29) is 6.54 Å². The van der Waals surface area contributed by atoms with Gasteiger partial charge in [0.25, 0.3) is 5.91 Å². The van der Waals surface area contributed by atoms with Gasteiger partial charge < -0.3 is 9.47 Å². The first-order chi connectivity index (χ1) is 8.97. The molecule has 0 bridgehead atoms. The fourth-order valence-corrected chi connectivity index (χ4v) is 2.56. The predicted molar refractivity (Wildman–Crippen MR) is 67.5 cm³/mol. The third-order valence-electron chi connectivity index (χ3n) is 2.63. The Balaban J connectivity index is 2.32. The Morgan fingerprint density at radius 2 is 2.00 bits per heavy atom. The zero-order chi connectivity index (χ0) is 14.0. The van der Waals surface area contributed by atoms with Crippen molar-refractivity contribution in [2.24, 2.45) is 4.40 Å². The second-order valence-electron chi connectivity index (χ2n) is 3.73. The Hall–Kier alpha value is -2.09. The summed E-state index contributed by atoms with van der Waals surface area (Å²) in [6.07, 6.45) is 0.783. The molecule has 0 aliphatic carbocycles. The third-order valence-corrected chi connectivity index (χ3v) is 3.87. The lowest BCUT2D eigenvalue weighted by Gasteiger charge is -2.16. The summed E-state index contributed by atoms with van der Waals surface area (Å²) >= 11 is 0. The number of methoxy groups -OCH3 is 2. The van der Waals surface area contributed by atoms with Crippen LogP contribution in [0.5, 0.6) is 11.5 Å². The number of hydrogen-bond acceptors (Lipinski definition) is 5. The molecule has 7 nitrogen and oxygen atoms in total. The lowest BCUT2D eigenvalue weighted by Crippen LogP contribution is -2.30. The molecule has 2 rings (SSSR count). The number of amides is 1. The maximum atomic E-state index is 11.5. The minimum Gasteiger partial charge on any atom is -0.497 e. The molecule has 0 spiro atoms. The van der Waals surface area contributed by atoms with Crippen LogP contribution < -0.4 is 9.47 Å². The molecule has 1 aliphatic rings. The Kier molecular flexibility index (Phi) is 3.43. The number of benzene rings is 1. The van der Waals surface area contributed by atoms with Crippen LogP contribution in [-0.4, -0.2) is 39.1 Å². The molecule has 0 atom stereocenters. The fourth-order valence-electron chi connectivity index (χ4n) is 1.64. The lowest BCUT2D eigenvalue weighted by atomic mass is 10.2. The van der Waals surface area contributed by atoms with Crippen molar-refractivity contribution in [1.82, 2.24) is 4.31 Å². The summed E-state index contributed by atoms with van der Waals surface area (Å²) in [6.45, 7) is -0.131. The molecule has 1 heterocycles. The molecule has 19 heavy (non-hydrogen) atoms. The van der Waals surface area contributed by atoms with E-state index >= 15 is 0 Å². The Morgan fingerprint density at radius 1 is 1.26 bits per heavy atom. The molecule has 0 aromatic heterocycles. The van der Waals surface area contributed by atoms with E-state index in [2.05, 4.69) is 4.40 Å². The average molecular weight is 284 g/mol. The normalized spacial score (nSPS) is 16.7. The van der Waals surface area contributed by atoms with Crippen molar-refractivity contribution < 1.29 is 22.7 Å². The second kappa shape index (κ2) is 4.88. The zero-order valence-electron chi connectivity index (χ0n) is 10.4. The number of nitrogens with zero attached hydrogens (tertiary/aromatic N) is 2. The molecule has 0 saturated carbocycles. The summed E-state index contributed by atoms with van der Waals surface area (Å²) in [5, 5.41) is 0. The largest absolute Gasteiger partial charge is 0.497 e. The smallest absolute Gasteiger partial charge is 0.347 e. The minimum atomic E-state index is -3.91. The number of carbonyl (C=O) groups is 1. The van der Waals surface area contributed by atoms with Gasteiger partial charge >= 0.3 is 10.2 Å². The van der Waals surface area contributed by atoms with Gasteiger partial charge in [-0.2, -0.15) is 8.42 Å². The SMILES string of the molecule is COc1ccc(CN2C(=O)C=NS2(=O)=O)c(OC)c1.